The van der Waals surface area contributed by atoms with E-state index >= 15 is 0 Å². The van der Waals surface area contributed by atoms with E-state index in [1.165, 1.54) is 37.0 Å². The number of hydrogen-bond donors (Lipinski definition) is 0. The van der Waals surface area contributed by atoms with Crippen molar-refractivity contribution in [3.05, 3.63) is 65.2 Å². The molecule has 0 aromatic heterocycles. The summed E-state index contributed by atoms with van der Waals surface area (Å²) in [6.07, 6.45) is 6.21. The second kappa shape index (κ2) is 10.4. The molecule has 2 aromatic carbocycles. The van der Waals surface area contributed by atoms with Crippen LogP contribution in [0.5, 0.6) is 5.75 Å². The largest absolute Gasteiger partial charge is 0.493 e. The first-order valence-electron chi connectivity index (χ1n) is 12.6. The van der Waals surface area contributed by atoms with Crippen molar-refractivity contribution in [3.63, 3.8) is 0 Å². The number of nitrogens with zero attached hydrogens (tertiary/aromatic N) is 1. The molecule has 2 aliphatic rings. The fourth-order valence-corrected chi connectivity index (χ4v) is 6.16. The van der Waals surface area contributed by atoms with Crippen LogP contribution in [0.2, 0.25) is 19.6 Å². The van der Waals surface area contributed by atoms with Gasteiger partial charge in [0.2, 0.25) is 0 Å². The molecule has 0 radical (unpaired) electrons. The molecule has 2 unspecified atom stereocenters. The smallest absolute Gasteiger partial charge is 0.261 e. The van der Waals surface area contributed by atoms with Crippen LogP contribution in [-0.2, 0) is 4.43 Å². The second-order valence-electron chi connectivity index (χ2n) is 10.8. The molecule has 2 aromatic rings. The maximum absolute atomic E-state index is 12.9. The molecule has 1 aliphatic carbocycles. The molecule has 4 rings (SSSR count). The Morgan fingerprint density at radius 3 is 2.21 bits per heavy atom. The molecule has 0 N–H and O–H groups in total. The number of benzene rings is 2. The average molecular weight is 480 g/mol. The highest BCUT2D eigenvalue weighted by Crippen LogP contribution is 2.34. The monoisotopic (exact) mass is 479 g/mol. The number of carbonyl (C=O) groups excluding carboxylic acids is 2. The van der Waals surface area contributed by atoms with E-state index in [1.54, 1.807) is 24.3 Å². The predicted molar refractivity (Wildman–Crippen MR) is 137 cm³/mol. The van der Waals surface area contributed by atoms with E-state index in [4.69, 9.17) is 9.16 Å². The summed E-state index contributed by atoms with van der Waals surface area (Å²) in [7, 11) is -1.91. The van der Waals surface area contributed by atoms with E-state index in [2.05, 4.69) is 38.7 Å². The first-order chi connectivity index (χ1) is 16.2. The highest BCUT2D eigenvalue weighted by Gasteiger charge is 2.38. The molecule has 0 spiro atoms. The molecule has 182 valence electrons. The Morgan fingerprint density at radius 2 is 1.59 bits per heavy atom. The number of carbonyl (C=O) groups is 2. The minimum atomic E-state index is -1.91. The molecular formula is C28H37NO4Si. The van der Waals surface area contributed by atoms with Crippen molar-refractivity contribution in [2.45, 2.75) is 64.8 Å². The summed E-state index contributed by atoms with van der Waals surface area (Å²) in [6, 6.07) is 15.2. The van der Waals surface area contributed by atoms with Gasteiger partial charge in [0.15, 0.2) is 8.32 Å². The van der Waals surface area contributed by atoms with Crippen molar-refractivity contribution >= 4 is 20.1 Å². The van der Waals surface area contributed by atoms with Gasteiger partial charge in [-0.2, -0.15) is 0 Å². The topological polar surface area (TPSA) is 55.8 Å². The molecule has 1 fully saturated rings. The molecule has 6 heteroatoms. The van der Waals surface area contributed by atoms with E-state index in [1.807, 2.05) is 12.1 Å². The third-order valence-corrected chi connectivity index (χ3v) is 7.70. The summed E-state index contributed by atoms with van der Waals surface area (Å²) >= 11 is 0. The third-order valence-electron chi connectivity index (χ3n) is 6.74. The van der Waals surface area contributed by atoms with Gasteiger partial charge in [-0.1, -0.05) is 50.5 Å². The van der Waals surface area contributed by atoms with Gasteiger partial charge in [-0.3, -0.25) is 14.5 Å². The van der Waals surface area contributed by atoms with Crippen LogP contribution >= 0.6 is 0 Å². The molecule has 1 saturated carbocycles. The van der Waals surface area contributed by atoms with Crippen molar-refractivity contribution in [1.82, 2.24) is 4.90 Å². The number of rotatable bonds is 9. The van der Waals surface area contributed by atoms with Gasteiger partial charge < -0.3 is 9.16 Å². The van der Waals surface area contributed by atoms with Crippen molar-refractivity contribution in [2.24, 2.45) is 11.8 Å². The number of amides is 2. The lowest BCUT2D eigenvalue weighted by molar-refractivity contribution is 0.0560. The highest BCUT2D eigenvalue weighted by atomic mass is 28.4. The fraction of sp³-hybridized carbons (Fsp3) is 0.500. The number of ether oxygens (including phenoxy) is 1. The third kappa shape index (κ3) is 5.78. The Kier molecular flexibility index (Phi) is 7.58. The number of fused-ring (bicyclic) bond motifs is 1. The van der Waals surface area contributed by atoms with Gasteiger partial charge >= 0.3 is 0 Å². The molecular weight excluding hydrogens is 442 g/mol. The van der Waals surface area contributed by atoms with Crippen molar-refractivity contribution in [3.8, 4) is 5.75 Å². The van der Waals surface area contributed by atoms with Gasteiger partial charge in [0.1, 0.15) is 5.75 Å². The van der Waals surface area contributed by atoms with Gasteiger partial charge in [-0.25, -0.2) is 0 Å². The highest BCUT2D eigenvalue weighted by molar-refractivity contribution is 6.69. The van der Waals surface area contributed by atoms with E-state index in [-0.39, 0.29) is 23.8 Å². The number of imide groups is 1. The molecule has 5 nitrogen and oxygen atoms in total. The zero-order valence-electron chi connectivity index (χ0n) is 20.9. The van der Waals surface area contributed by atoms with Gasteiger partial charge in [0.05, 0.1) is 23.8 Å². The molecule has 2 atom stereocenters. The molecule has 0 bridgehead atoms. The summed E-state index contributed by atoms with van der Waals surface area (Å²) in [5.41, 5.74) is 2.01. The van der Waals surface area contributed by atoms with Gasteiger partial charge in [-0.05, 0) is 68.2 Å². The Balaban J connectivity index is 1.50. The summed E-state index contributed by atoms with van der Waals surface area (Å²) in [5, 5.41) is 0. The summed E-state index contributed by atoms with van der Waals surface area (Å²) in [5.74, 6) is 0.995. The van der Waals surface area contributed by atoms with Crippen LogP contribution in [-0.4, -0.2) is 38.2 Å². The predicted octanol–water partition coefficient (Wildman–Crippen LogP) is 6.47. The van der Waals surface area contributed by atoms with Crippen LogP contribution in [0.3, 0.4) is 0 Å². The van der Waals surface area contributed by atoms with E-state index in [9.17, 15) is 9.59 Å². The SMILES string of the molecule is CC(CN1C(=O)c2ccccc2C1=O)C(O[Si](C)(C)C)c1cccc(OCC2CCCCC2)c1. The van der Waals surface area contributed by atoms with Crippen molar-refractivity contribution < 1.29 is 18.8 Å². The summed E-state index contributed by atoms with van der Waals surface area (Å²) in [6.45, 7) is 9.63. The van der Waals surface area contributed by atoms with Crippen molar-refractivity contribution in [2.75, 3.05) is 13.2 Å². The van der Waals surface area contributed by atoms with Crippen LogP contribution in [0, 0.1) is 11.8 Å². The average Bonchev–Trinajstić information content (AvgIpc) is 3.06. The van der Waals surface area contributed by atoms with Crippen LogP contribution in [0.15, 0.2) is 48.5 Å². The Bertz CT molecular complexity index is 990. The Labute approximate surface area is 204 Å². The van der Waals surface area contributed by atoms with E-state index in [0.29, 0.717) is 23.6 Å². The maximum Gasteiger partial charge on any atom is 0.261 e. The minimum Gasteiger partial charge on any atom is -0.493 e. The minimum absolute atomic E-state index is 0.0671. The lowest BCUT2D eigenvalue weighted by Gasteiger charge is -2.33. The van der Waals surface area contributed by atoms with Crippen LogP contribution in [0.4, 0.5) is 0 Å². The first-order valence-corrected chi connectivity index (χ1v) is 16.0. The van der Waals surface area contributed by atoms with Crippen LogP contribution in [0.25, 0.3) is 0 Å². The van der Waals surface area contributed by atoms with E-state index < -0.39 is 8.32 Å². The Morgan fingerprint density at radius 1 is 0.941 bits per heavy atom. The quantitative estimate of drug-likeness (QED) is 0.305. The van der Waals surface area contributed by atoms with Crippen molar-refractivity contribution in [1.29, 1.82) is 0 Å². The lowest BCUT2D eigenvalue weighted by atomic mass is 9.90. The Hall–Kier alpha value is -2.44. The normalized spacial score (nSPS) is 18.6. The molecule has 1 heterocycles. The van der Waals surface area contributed by atoms with Gasteiger partial charge in [0, 0.05) is 12.5 Å². The standard InChI is InChI=1S/C28H37NO4Si/c1-20(18-29-27(30)24-15-8-9-16-25(24)28(29)31)26(33-34(2,3)4)22-13-10-14-23(17-22)32-19-21-11-6-5-7-12-21/h8-10,13-17,20-21,26H,5-7,11-12,18-19H2,1-4H3. The summed E-state index contributed by atoms with van der Waals surface area (Å²) in [4.78, 5) is 27.2. The first kappa shape index (κ1) is 24.7. The lowest BCUT2D eigenvalue weighted by Crippen LogP contribution is -2.38. The second-order valence-corrected chi connectivity index (χ2v) is 15.2. The summed E-state index contributed by atoms with van der Waals surface area (Å²) < 4.78 is 12.8. The maximum atomic E-state index is 12.9. The zero-order valence-corrected chi connectivity index (χ0v) is 21.9. The molecule has 34 heavy (non-hydrogen) atoms. The molecule has 1 aliphatic heterocycles. The van der Waals surface area contributed by atoms with Gasteiger partial charge in [0.25, 0.3) is 11.8 Å². The zero-order chi connectivity index (χ0) is 24.3. The van der Waals surface area contributed by atoms with Crippen LogP contribution < -0.4 is 4.74 Å². The van der Waals surface area contributed by atoms with Gasteiger partial charge in [-0.15, -0.1) is 0 Å². The molecule has 0 saturated heterocycles. The van der Waals surface area contributed by atoms with E-state index in [0.717, 1.165) is 17.9 Å². The molecule has 2 amide bonds. The fourth-order valence-electron chi connectivity index (χ4n) is 5.03. The number of hydrogen-bond acceptors (Lipinski definition) is 4. The van der Waals surface area contributed by atoms with Crippen LogP contribution in [0.1, 0.15) is 71.4 Å².